The molecule has 0 saturated heterocycles. The molecule has 0 fully saturated rings. The molecule has 1 rings (SSSR count). The first-order valence-electron chi connectivity index (χ1n) is 5.08. The molecular formula is C10H16N4O3. The Kier molecular flexibility index (Phi) is 3.72. The van der Waals surface area contributed by atoms with Crippen molar-refractivity contribution in [2.45, 2.75) is 25.9 Å². The molecule has 17 heavy (non-hydrogen) atoms. The molecule has 2 amide bonds. The number of aromatic nitrogens is 2. The van der Waals surface area contributed by atoms with E-state index in [4.69, 9.17) is 5.11 Å². The van der Waals surface area contributed by atoms with Gasteiger partial charge in [-0.2, -0.15) is 5.10 Å². The third-order valence-electron chi connectivity index (χ3n) is 2.67. The molecule has 7 nitrogen and oxygen atoms in total. The summed E-state index contributed by atoms with van der Waals surface area (Å²) < 4.78 is 0. The van der Waals surface area contributed by atoms with Gasteiger partial charge in [0.25, 0.3) is 0 Å². The summed E-state index contributed by atoms with van der Waals surface area (Å²) in [5.41, 5.74) is -0.430. The molecule has 94 valence electrons. The first-order chi connectivity index (χ1) is 7.85. The van der Waals surface area contributed by atoms with Crippen LogP contribution in [0.3, 0.4) is 0 Å². The third-order valence-corrected chi connectivity index (χ3v) is 2.67. The van der Waals surface area contributed by atoms with Gasteiger partial charge in [0.2, 0.25) is 0 Å². The lowest BCUT2D eigenvalue weighted by Crippen LogP contribution is -2.53. The van der Waals surface area contributed by atoms with Gasteiger partial charge in [-0.1, -0.05) is 0 Å². The van der Waals surface area contributed by atoms with E-state index in [-0.39, 0.29) is 0 Å². The number of likely N-dealkylation sites (N-methyl/N-ethyl adjacent to an activating group) is 1. The van der Waals surface area contributed by atoms with Crippen molar-refractivity contribution in [1.82, 2.24) is 20.4 Å². The van der Waals surface area contributed by atoms with Gasteiger partial charge in [0.15, 0.2) is 0 Å². The monoisotopic (exact) mass is 240 g/mol. The second kappa shape index (κ2) is 4.86. The highest BCUT2D eigenvalue weighted by Crippen LogP contribution is 2.12. The number of amides is 2. The number of nitrogens with one attached hydrogen (secondary N) is 2. The van der Waals surface area contributed by atoms with Crippen LogP contribution < -0.4 is 5.32 Å². The third kappa shape index (κ3) is 2.96. The molecule has 0 atom stereocenters. The van der Waals surface area contributed by atoms with Crippen molar-refractivity contribution in [2.24, 2.45) is 0 Å². The van der Waals surface area contributed by atoms with Crippen LogP contribution in [0.1, 0.15) is 19.4 Å². The van der Waals surface area contributed by atoms with E-state index < -0.39 is 17.5 Å². The fraction of sp³-hybridized carbons (Fsp3) is 0.500. The van der Waals surface area contributed by atoms with Crippen molar-refractivity contribution in [3.8, 4) is 0 Å². The molecule has 1 aromatic rings. The van der Waals surface area contributed by atoms with Crippen LogP contribution in [0.5, 0.6) is 0 Å². The Morgan fingerprint density at radius 3 is 2.71 bits per heavy atom. The highest BCUT2D eigenvalue weighted by Gasteiger charge is 2.35. The molecular weight excluding hydrogens is 224 g/mol. The number of aliphatic carboxylic acids is 1. The molecule has 3 N–H and O–H groups in total. The molecule has 0 unspecified atom stereocenters. The lowest BCUT2D eigenvalue weighted by atomic mass is 10.1. The number of carboxylic acids is 1. The molecule has 0 saturated carbocycles. The van der Waals surface area contributed by atoms with Gasteiger partial charge in [-0.05, 0) is 13.8 Å². The number of hydrogen-bond donors (Lipinski definition) is 3. The summed E-state index contributed by atoms with van der Waals surface area (Å²) in [6.07, 6.45) is 3.24. The number of nitrogens with zero attached hydrogens (tertiary/aromatic N) is 2. The Morgan fingerprint density at radius 1 is 1.59 bits per heavy atom. The summed E-state index contributed by atoms with van der Waals surface area (Å²) in [4.78, 5) is 23.8. The van der Waals surface area contributed by atoms with E-state index in [1.54, 1.807) is 12.4 Å². The second-order valence-corrected chi connectivity index (χ2v) is 4.19. The lowest BCUT2D eigenvalue weighted by molar-refractivity contribution is -0.146. The zero-order chi connectivity index (χ0) is 13.1. The molecule has 0 radical (unpaired) electrons. The van der Waals surface area contributed by atoms with Crippen molar-refractivity contribution in [3.05, 3.63) is 18.0 Å². The Labute approximate surface area is 98.8 Å². The molecule has 0 aliphatic heterocycles. The Balaban J connectivity index is 2.56. The average Bonchev–Trinajstić information content (AvgIpc) is 2.77. The van der Waals surface area contributed by atoms with Gasteiger partial charge in [-0.15, -0.1) is 0 Å². The summed E-state index contributed by atoms with van der Waals surface area (Å²) in [6, 6.07) is -0.446. The average molecular weight is 240 g/mol. The van der Waals surface area contributed by atoms with Gasteiger partial charge in [0.05, 0.1) is 6.20 Å². The van der Waals surface area contributed by atoms with Gasteiger partial charge < -0.3 is 15.3 Å². The van der Waals surface area contributed by atoms with Crippen LogP contribution in [0.2, 0.25) is 0 Å². The van der Waals surface area contributed by atoms with E-state index >= 15 is 0 Å². The van der Waals surface area contributed by atoms with Crippen LogP contribution in [-0.2, 0) is 11.3 Å². The summed E-state index contributed by atoms with van der Waals surface area (Å²) in [7, 11) is 1.44. The minimum atomic E-state index is -1.25. The maximum Gasteiger partial charge on any atom is 0.329 e. The zero-order valence-electron chi connectivity index (χ0n) is 10.0. The molecule has 0 spiro atoms. The maximum atomic E-state index is 11.7. The van der Waals surface area contributed by atoms with Gasteiger partial charge >= 0.3 is 12.0 Å². The van der Waals surface area contributed by atoms with Gasteiger partial charge in [-0.25, -0.2) is 9.59 Å². The van der Waals surface area contributed by atoms with E-state index in [1.807, 2.05) is 0 Å². The number of hydrogen-bond acceptors (Lipinski definition) is 3. The minimum absolute atomic E-state index is 0.301. The number of carbonyl (C=O) groups is 2. The molecule has 1 aromatic heterocycles. The normalized spacial score (nSPS) is 11.0. The Hall–Kier alpha value is -2.05. The number of aromatic amines is 1. The number of rotatable bonds is 4. The smallest absolute Gasteiger partial charge is 0.329 e. The number of carbonyl (C=O) groups excluding carboxylic acids is 1. The predicted molar refractivity (Wildman–Crippen MR) is 60.3 cm³/mol. The van der Waals surface area contributed by atoms with Crippen LogP contribution in [0, 0.1) is 0 Å². The molecule has 0 bridgehead atoms. The highest BCUT2D eigenvalue weighted by molar-refractivity contribution is 5.85. The fourth-order valence-corrected chi connectivity index (χ4v) is 1.07. The van der Waals surface area contributed by atoms with Gasteiger partial charge in [0, 0.05) is 25.4 Å². The standard InChI is InChI=1S/C10H16N4O3/c1-10(2,8(15)16)14(3)9(17)11-4-7-5-12-13-6-7/h5-6H,4H2,1-3H3,(H,11,17)(H,12,13)(H,15,16). The first-order valence-corrected chi connectivity index (χ1v) is 5.08. The topological polar surface area (TPSA) is 98.3 Å². The van der Waals surface area contributed by atoms with Crippen molar-refractivity contribution >= 4 is 12.0 Å². The van der Waals surface area contributed by atoms with Crippen molar-refractivity contribution in [1.29, 1.82) is 0 Å². The van der Waals surface area contributed by atoms with Crippen molar-refractivity contribution in [2.75, 3.05) is 7.05 Å². The maximum absolute atomic E-state index is 11.7. The van der Waals surface area contributed by atoms with E-state index in [2.05, 4.69) is 15.5 Å². The highest BCUT2D eigenvalue weighted by atomic mass is 16.4. The first kappa shape index (κ1) is 13.0. The van der Waals surface area contributed by atoms with Crippen LogP contribution in [0.25, 0.3) is 0 Å². The fourth-order valence-electron chi connectivity index (χ4n) is 1.07. The van der Waals surface area contributed by atoms with E-state index in [9.17, 15) is 9.59 Å². The van der Waals surface area contributed by atoms with Gasteiger partial charge in [0.1, 0.15) is 5.54 Å². The number of urea groups is 1. The largest absolute Gasteiger partial charge is 0.480 e. The predicted octanol–water partition coefficient (Wildman–Crippen LogP) is 0.414. The molecule has 0 aliphatic rings. The van der Waals surface area contributed by atoms with E-state index in [1.165, 1.54) is 20.9 Å². The quantitative estimate of drug-likeness (QED) is 0.710. The number of H-pyrrole nitrogens is 1. The summed E-state index contributed by atoms with van der Waals surface area (Å²) >= 11 is 0. The van der Waals surface area contributed by atoms with Crippen LogP contribution in [0.4, 0.5) is 4.79 Å². The van der Waals surface area contributed by atoms with E-state index in [0.717, 1.165) is 10.5 Å². The minimum Gasteiger partial charge on any atom is -0.480 e. The molecule has 0 aliphatic carbocycles. The Bertz CT molecular complexity index is 400. The molecule has 0 aromatic carbocycles. The lowest BCUT2D eigenvalue weighted by Gasteiger charge is -2.31. The number of carboxylic acid groups (broad SMARTS) is 1. The van der Waals surface area contributed by atoms with Crippen molar-refractivity contribution < 1.29 is 14.7 Å². The second-order valence-electron chi connectivity index (χ2n) is 4.19. The molecule has 1 heterocycles. The van der Waals surface area contributed by atoms with Crippen LogP contribution in [0.15, 0.2) is 12.4 Å². The summed E-state index contributed by atoms with van der Waals surface area (Å²) in [5, 5.41) is 17.9. The SMILES string of the molecule is CN(C(=O)NCc1cn[nH]c1)C(C)(C)C(=O)O. The van der Waals surface area contributed by atoms with Crippen molar-refractivity contribution in [3.63, 3.8) is 0 Å². The van der Waals surface area contributed by atoms with E-state index in [0.29, 0.717) is 6.54 Å². The summed E-state index contributed by atoms with van der Waals surface area (Å²) in [6.45, 7) is 3.23. The zero-order valence-corrected chi connectivity index (χ0v) is 10.0. The van der Waals surface area contributed by atoms with Crippen LogP contribution in [-0.4, -0.2) is 44.8 Å². The van der Waals surface area contributed by atoms with Crippen LogP contribution >= 0.6 is 0 Å². The van der Waals surface area contributed by atoms with Gasteiger partial charge in [-0.3, -0.25) is 5.10 Å². The Morgan fingerprint density at radius 2 is 2.24 bits per heavy atom. The summed E-state index contributed by atoms with van der Waals surface area (Å²) in [5.74, 6) is -1.06. The molecule has 7 heteroatoms.